The third kappa shape index (κ3) is 2.48. The van der Waals surface area contributed by atoms with Gasteiger partial charge in [0.25, 0.3) is 0 Å². The number of aromatic nitrogens is 2. The first-order valence-corrected chi connectivity index (χ1v) is 15.9. The van der Waals surface area contributed by atoms with Gasteiger partial charge in [-0.05, 0) is 47.5 Å². The van der Waals surface area contributed by atoms with Crippen LogP contribution in [0.25, 0.3) is 71.2 Å². The Morgan fingerprint density at radius 3 is 2.22 bits per heavy atom. The van der Waals surface area contributed by atoms with Crippen LogP contribution in [0, 0.1) is 0 Å². The molecule has 0 amide bonds. The molecule has 0 bridgehead atoms. The van der Waals surface area contributed by atoms with Crippen LogP contribution in [-0.4, -0.2) is 15.0 Å². The molecule has 0 N–H and O–H groups in total. The first-order valence-electron chi connectivity index (χ1n) is 15.9. The number of hydrogen-bond acceptors (Lipinski definition) is 1. The van der Waals surface area contributed by atoms with Crippen molar-refractivity contribution in [1.82, 2.24) is 8.97 Å². The first-order chi connectivity index (χ1) is 22.4. The molecule has 0 fully saturated rings. The summed E-state index contributed by atoms with van der Waals surface area (Å²) in [6, 6.07) is 45.5. The van der Waals surface area contributed by atoms with Crippen molar-refractivity contribution in [3.63, 3.8) is 0 Å². The molecular formula is C42H25N3. The summed E-state index contributed by atoms with van der Waals surface area (Å²) in [5.74, 6) is 0.360. The maximum atomic E-state index is 2.61. The van der Waals surface area contributed by atoms with Gasteiger partial charge in [0.15, 0.2) is 0 Å². The normalized spacial score (nSPS) is 18.2. The van der Waals surface area contributed by atoms with Crippen LogP contribution in [0.3, 0.4) is 0 Å². The van der Waals surface area contributed by atoms with Gasteiger partial charge in [-0.15, -0.1) is 0 Å². The second kappa shape index (κ2) is 7.64. The zero-order valence-electron chi connectivity index (χ0n) is 24.3. The van der Waals surface area contributed by atoms with Crippen LogP contribution in [-0.2, 0) is 0 Å². The highest BCUT2D eigenvalue weighted by Crippen LogP contribution is 2.60. The number of anilines is 2. The Kier molecular flexibility index (Phi) is 3.85. The minimum absolute atomic E-state index is 0.293. The molecule has 9 aromatic rings. The Morgan fingerprint density at radius 2 is 1.27 bits per heavy atom. The maximum absolute atomic E-state index is 2.61. The van der Waals surface area contributed by atoms with Crippen LogP contribution in [0.15, 0.2) is 140 Å². The number of fused-ring (bicyclic) bond motifs is 17. The van der Waals surface area contributed by atoms with E-state index in [0.29, 0.717) is 12.0 Å². The van der Waals surface area contributed by atoms with Gasteiger partial charge in [-0.1, -0.05) is 103 Å². The fraction of sp³-hybridized carbons (Fsp3) is 0.0476. The van der Waals surface area contributed by atoms with Crippen molar-refractivity contribution in [2.75, 3.05) is 4.90 Å². The van der Waals surface area contributed by atoms with Crippen LogP contribution in [0.2, 0.25) is 0 Å². The molecule has 45 heavy (non-hydrogen) atoms. The van der Waals surface area contributed by atoms with Gasteiger partial charge in [0.2, 0.25) is 0 Å². The summed E-state index contributed by atoms with van der Waals surface area (Å²) in [6.07, 6.45) is 7.06. The van der Waals surface area contributed by atoms with E-state index < -0.39 is 0 Å². The summed E-state index contributed by atoms with van der Waals surface area (Å²) >= 11 is 0. The lowest BCUT2D eigenvalue weighted by Crippen LogP contribution is -2.26. The van der Waals surface area contributed by atoms with Gasteiger partial charge in [0, 0.05) is 55.2 Å². The standard InChI is InChI=1S/C42H25N3/c1-2-10-24(11-3-1)43-41-29(20-22-35-37(41)31-16-8-14-27-25-12-4-6-18-33(25)44(35)39(27)31)30-21-23-36-38(42(30)43)32-17-9-15-28-26-13-5-7-19-34(26)45(36)40(28)32/h1-23,27,39H. The van der Waals surface area contributed by atoms with E-state index in [0.717, 1.165) is 0 Å². The van der Waals surface area contributed by atoms with Crippen molar-refractivity contribution in [3.05, 3.63) is 151 Å². The van der Waals surface area contributed by atoms with Crippen LogP contribution < -0.4 is 4.90 Å². The topological polar surface area (TPSA) is 12.6 Å². The lowest BCUT2D eigenvalue weighted by atomic mass is 9.84. The fourth-order valence-corrected chi connectivity index (χ4v) is 9.31. The van der Waals surface area contributed by atoms with Crippen molar-refractivity contribution >= 4 is 76.8 Å². The zero-order valence-corrected chi connectivity index (χ0v) is 24.3. The van der Waals surface area contributed by atoms with Crippen molar-refractivity contribution in [1.29, 1.82) is 0 Å². The molecule has 208 valence electrons. The minimum Gasteiger partial charge on any atom is -0.332 e. The molecule has 0 saturated carbocycles. The average molecular weight is 572 g/mol. The quantitative estimate of drug-likeness (QED) is 0.191. The molecule has 5 heterocycles. The summed E-state index contributed by atoms with van der Waals surface area (Å²) in [6.45, 7) is 0. The van der Waals surface area contributed by atoms with Crippen LogP contribution in [0.4, 0.5) is 11.4 Å². The van der Waals surface area contributed by atoms with Crippen molar-refractivity contribution in [2.45, 2.75) is 12.0 Å². The maximum Gasteiger partial charge on any atom is 0.0703 e. The zero-order chi connectivity index (χ0) is 29.0. The molecular weight excluding hydrogens is 546 g/mol. The van der Waals surface area contributed by atoms with Gasteiger partial charge < -0.3 is 13.9 Å². The Morgan fingerprint density at radius 1 is 0.511 bits per heavy atom. The lowest BCUT2D eigenvalue weighted by Gasteiger charge is -2.24. The first kappa shape index (κ1) is 22.7. The third-order valence-corrected chi connectivity index (χ3v) is 10.9. The van der Waals surface area contributed by atoms with Gasteiger partial charge in [-0.2, -0.15) is 0 Å². The fourth-order valence-electron chi connectivity index (χ4n) is 9.31. The second-order valence-electron chi connectivity index (χ2n) is 12.8. The Balaban J connectivity index is 1.32. The predicted molar refractivity (Wildman–Crippen MR) is 188 cm³/mol. The number of allylic oxidation sites excluding steroid dienone is 2. The molecule has 0 spiro atoms. The highest BCUT2D eigenvalue weighted by molar-refractivity contribution is 6.31. The van der Waals surface area contributed by atoms with Gasteiger partial charge in [-0.3, -0.25) is 0 Å². The van der Waals surface area contributed by atoms with E-state index in [4.69, 9.17) is 0 Å². The Bertz CT molecular complexity index is 2830. The molecule has 2 unspecified atom stereocenters. The minimum atomic E-state index is 0.293. The molecule has 3 nitrogen and oxygen atoms in total. The van der Waals surface area contributed by atoms with Crippen LogP contribution in [0.5, 0.6) is 0 Å². The van der Waals surface area contributed by atoms with Crippen molar-refractivity contribution in [3.8, 4) is 5.69 Å². The highest BCUT2D eigenvalue weighted by atomic mass is 15.2. The molecule has 2 atom stereocenters. The summed E-state index contributed by atoms with van der Waals surface area (Å²) in [5, 5.41) is 7.89. The van der Waals surface area contributed by atoms with E-state index >= 15 is 0 Å². The number of benzene rings is 6. The molecule has 0 saturated heterocycles. The van der Waals surface area contributed by atoms with E-state index in [1.807, 2.05) is 0 Å². The van der Waals surface area contributed by atoms with Gasteiger partial charge in [0.05, 0.1) is 39.3 Å². The van der Waals surface area contributed by atoms with E-state index in [9.17, 15) is 0 Å². The molecule has 0 radical (unpaired) electrons. The van der Waals surface area contributed by atoms with E-state index in [-0.39, 0.29) is 0 Å². The van der Waals surface area contributed by atoms with Gasteiger partial charge in [-0.25, -0.2) is 0 Å². The number of para-hydroxylation sites is 4. The van der Waals surface area contributed by atoms with Crippen LogP contribution >= 0.6 is 0 Å². The molecule has 12 rings (SSSR count). The Labute approximate surface area is 258 Å². The van der Waals surface area contributed by atoms with E-state index in [1.54, 1.807) is 0 Å². The molecule has 3 heteroatoms. The second-order valence-corrected chi connectivity index (χ2v) is 12.8. The number of rotatable bonds is 1. The van der Waals surface area contributed by atoms with Gasteiger partial charge in [0.1, 0.15) is 0 Å². The summed E-state index contributed by atoms with van der Waals surface area (Å²) < 4.78 is 5.08. The van der Waals surface area contributed by atoms with Crippen LogP contribution in [0.1, 0.15) is 17.0 Å². The molecule has 3 aromatic heterocycles. The lowest BCUT2D eigenvalue weighted by molar-refractivity contribution is 0.781. The molecule has 3 aliphatic rings. The average Bonchev–Trinajstić information content (AvgIpc) is 3.88. The van der Waals surface area contributed by atoms with E-state index in [2.05, 4.69) is 153 Å². The molecule has 6 aromatic carbocycles. The largest absolute Gasteiger partial charge is 0.332 e. The van der Waals surface area contributed by atoms with Crippen molar-refractivity contribution < 1.29 is 0 Å². The van der Waals surface area contributed by atoms with Crippen molar-refractivity contribution in [2.24, 2.45) is 0 Å². The molecule has 1 aliphatic carbocycles. The SMILES string of the molecule is C1=CC2c3ccccc3N3c4ccc5c6ccc7c(c8cccc9c%10ccccc%10n7c98)c6n(-c6ccccc6)c5c4C(=C1)C23. The number of nitrogens with zero attached hydrogens (tertiary/aromatic N) is 3. The van der Waals surface area contributed by atoms with E-state index in [1.165, 1.54) is 93.7 Å². The predicted octanol–water partition coefficient (Wildman–Crippen LogP) is 10.5. The monoisotopic (exact) mass is 571 g/mol. The highest BCUT2D eigenvalue weighted by Gasteiger charge is 2.48. The smallest absolute Gasteiger partial charge is 0.0703 e. The Hall–Kier alpha value is -5.80. The van der Waals surface area contributed by atoms with Gasteiger partial charge >= 0.3 is 0 Å². The number of hydrogen-bond donors (Lipinski definition) is 0. The molecule has 2 aliphatic heterocycles. The third-order valence-electron chi connectivity index (χ3n) is 10.9. The summed E-state index contributed by atoms with van der Waals surface area (Å²) in [5.41, 5.74) is 14.5. The summed E-state index contributed by atoms with van der Waals surface area (Å²) in [7, 11) is 0. The summed E-state index contributed by atoms with van der Waals surface area (Å²) in [4.78, 5) is 2.61.